The molecule has 0 bridgehead atoms. The Morgan fingerprint density at radius 2 is 1.78 bits per heavy atom. The van der Waals surface area contributed by atoms with E-state index in [9.17, 15) is 4.79 Å². The highest BCUT2D eigenvalue weighted by Gasteiger charge is 2.07. The highest BCUT2D eigenvalue weighted by atomic mass is 32.2. The zero-order valence-electron chi connectivity index (χ0n) is 10.3. The van der Waals surface area contributed by atoms with E-state index < -0.39 is 5.97 Å². The number of hydrogen-bond acceptors (Lipinski definition) is 2. The maximum absolute atomic E-state index is 10.9. The van der Waals surface area contributed by atoms with Gasteiger partial charge in [-0.1, -0.05) is 18.2 Å². The molecule has 2 rings (SSSR count). The van der Waals surface area contributed by atoms with E-state index in [1.165, 1.54) is 4.90 Å². The van der Waals surface area contributed by atoms with Crippen molar-refractivity contribution in [3.63, 3.8) is 0 Å². The lowest BCUT2D eigenvalue weighted by Gasteiger charge is -2.07. The Bertz CT molecular complexity index is 574. The number of aryl methyl sites for hydroxylation is 1. The largest absolute Gasteiger partial charge is 0.478 e. The van der Waals surface area contributed by atoms with E-state index in [0.717, 1.165) is 16.7 Å². The number of thioether (sulfide) groups is 1. The molecule has 0 heterocycles. The molecule has 0 atom stereocenters. The lowest BCUT2D eigenvalue weighted by atomic mass is 9.98. The lowest BCUT2D eigenvalue weighted by Crippen LogP contribution is -1.97. The Labute approximate surface area is 111 Å². The van der Waals surface area contributed by atoms with Crippen LogP contribution in [-0.4, -0.2) is 17.3 Å². The van der Waals surface area contributed by atoms with Crippen LogP contribution in [0, 0.1) is 6.92 Å². The molecular formula is C15H14O2S. The maximum atomic E-state index is 10.9. The summed E-state index contributed by atoms with van der Waals surface area (Å²) in [4.78, 5) is 12.1. The summed E-state index contributed by atoms with van der Waals surface area (Å²) in [5.74, 6) is -0.887. The first-order valence-electron chi connectivity index (χ1n) is 5.60. The van der Waals surface area contributed by atoms with Crippen LogP contribution < -0.4 is 0 Å². The van der Waals surface area contributed by atoms with Gasteiger partial charge in [0, 0.05) is 4.90 Å². The van der Waals surface area contributed by atoms with Gasteiger partial charge in [0.05, 0.1) is 5.56 Å². The summed E-state index contributed by atoms with van der Waals surface area (Å²) in [5.41, 5.74) is 3.50. The van der Waals surface area contributed by atoms with Crippen molar-refractivity contribution in [2.45, 2.75) is 11.8 Å². The second-order valence-electron chi connectivity index (χ2n) is 4.06. The molecule has 0 unspecified atom stereocenters. The van der Waals surface area contributed by atoms with E-state index in [-0.39, 0.29) is 0 Å². The van der Waals surface area contributed by atoms with Crippen molar-refractivity contribution in [2.75, 3.05) is 6.26 Å². The Morgan fingerprint density at radius 3 is 2.28 bits per heavy atom. The predicted octanol–water partition coefficient (Wildman–Crippen LogP) is 4.08. The van der Waals surface area contributed by atoms with Crippen LogP contribution in [0.5, 0.6) is 0 Å². The first-order valence-corrected chi connectivity index (χ1v) is 6.82. The fraction of sp³-hybridized carbons (Fsp3) is 0.133. The minimum Gasteiger partial charge on any atom is -0.478 e. The summed E-state index contributed by atoms with van der Waals surface area (Å²) in [6, 6.07) is 13.5. The van der Waals surface area contributed by atoms with Gasteiger partial charge >= 0.3 is 5.97 Å². The topological polar surface area (TPSA) is 37.3 Å². The van der Waals surface area contributed by atoms with Crippen molar-refractivity contribution < 1.29 is 9.90 Å². The second kappa shape index (κ2) is 5.27. The van der Waals surface area contributed by atoms with Crippen LogP contribution in [0.1, 0.15) is 15.9 Å². The molecule has 0 spiro atoms. The third-order valence-electron chi connectivity index (χ3n) is 2.87. The summed E-state index contributed by atoms with van der Waals surface area (Å²) in [6.45, 7) is 1.93. The Kier molecular flexibility index (Phi) is 3.72. The van der Waals surface area contributed by atoms with Gasteiger partial charge in [-0.15, -0.1) is 11.8 Å². The van der Waals surface area contributed by atoms with Crippen molar-refractivity contribution in [3.8, 4) is 11.1 Å². The van der Waals surface area contributed by atoms with Gasteiger partial charge in [-0.25, -0.2) is 4.79 Å². The van der Waals surface area contributed by atoms with Crippen LogP contribution in [-0.2, 0) is 0 Å². The zero-order valence-corrected chi connectivity index (χ0v) is 11.1. The highest BCUT2D eigenvalue weighted by Crippen LogP contribution is 2.26. The van der Waals surface area contributed by atoms with E-state index >= 15 is 0 Å². The highest BCUT2D eigenvalue weighted by molar-refractivity contribution is 7.98. The van der Waals surface area contributed by atoms with Gasteiger partial charge in [-0.3, -0.25) is 0 Å². The Hall–Kier alpha value is -1.74. The van der Waals surface area contributed by atoms with Crippen molar-refractivity contribution in [3.05, 3.63) is 53.6 Å². The van der Waals surface area contributed by atoms with Crippen LogP contribution in [0.15, 0.2) is 47.4 Å². The molecule has 3 heteroatoms. The Balaban J connectivity index is 2.41. The summed E-state index contributed by atoms with van der Waals surface area (Å²) in [5, 5.41) is 8.94. The van der Waals surface area contributed by atoms with E-state index in [2.05, 4.69) is 24.3 Å². The molecule has 92 valence electrons. The summed E-state index contributed by atoms with van der Waals surface area (Å²) >= 11 is 1.71. The average Bonchev–Trinajstić information content (AvgIpc) is 2.38. The molecule has 0 fully saturated rings. The fourth-order valence-electron chi connectivity index (χ4n) is 1.89. The SMILES string of the molecule is CSc1ccc(-c2ccc(C(=O)O)cc2C)cc1. The van der Waals surface area contributed by atoms with E-state index in [1.807, 2.05) is 19.2 Å². The standard InChI is InChI=1S/C15H14O2S/c1-10-9-12(15(16)17)5-8-14(10)11-3-6-13(18-2)7-4-11/h3-9H,1-2H3,(H,16,17). The molecule has 0 aliphatic heterocycles. The van der Waals surface area contributed by atoms with Crippen molar-refractivity contribution in [1.82, 2.24) is 0 Å². The van der Waals surface area contributed by atoms with Crippen molar-refractivity contribution >= 4 is 17.7 Å². The van der Waals surface area contributed by atoms with Crippen LogP contribution in [0.25, 0.3) is 11.1 Å². The van der Waals surface area contributed by atoms with Gasteiger partial charge in [-0.05, 0) is 54.1 Å². The normalized spacial score (nSPS) is 10.3. The monoisotopic (exact) mass is 258 g/mol. The van der Waals surface area contributed by atoms with Gasteiger partial charge in [0.2, 0.25) is 0 Å². The van der Waals surface area contributed by atoms with Gasteiger partial charge in [0.1, 0.15) is 0 Å². The molecule has 0 saturated heterocycles. The number of carboxylic acid groups (broad SMARTS) is 1. The first kappa shape index (κ1) is 12.7. The first-order chi connectivity index (χ1) is 8.61. The molecule has 18 heavy (non-hydrogen) atoms. The molecule has 0 amide bonds. The third-order valence-corrected chi connectivity index (χ3v) is 3.62. The quantitative estimate of drug-likeness (QED) is 0.843. The lowest BCUT2D eigenvalue weighted by molar-refractivity contribution is 0.0697. The molecule has 0 saturated carbocycles. The maximum Gasteiger partial charge on any atom is 0.335 e. The zero-order chi connectivity index (χ0) is 13.1. The molecule has 0 aliphatic rings. The van der Waals surface area contributed by atoms with Crippen molar-refractivity contribution in [1.29, 1.82) is 0 Å². The molecule has 0 aliphatic carbocycles. The van der Waals surface area contributed by atoms with E-state index in [1.54, 1.807) is 23.9 Å². The Morgan fingerprint density at radius 1 is 1.11 bits per heavy atom. The van der Waals surface area contributed by atoms with Crippen LogP contribution >= 0.6 is 11.8 Å². The molecular weight excluding hydrogens is 244 g/mol. The van der Waals surface area contributed by atoms with Crippen LogP contribution in [0.4, 0.5) is 0 Å². The number of rotatable bonds is 3. The number of aromatic carboxylic acids is 1. The van der Waals surface area contributed by atoms with Crippen LogP contribution in [0.3, 0.4) is 0 Å². The summed E-state index contributed by atoms with van der Waals surface area (Å²) < 4.78 is 0. The average molecular weight is 258 g/mol. The van der Waals surface area contributed by atoms with E-state index in [0.29, 0.717) is 5.56 Å². The summed E-state index contributed by atoms with van der Waals surface area (Å²) in [6.07, 6.45) is 2.04. The van der Waals surface area contributed by atoms with Gasteiger partial charge < -0.3 is 5.11 Å². The predicted molar refractivity (Wildman–Crippen MR) is 75.4 cm³/mol. The molecule has 0 radical (unpaired) electrons. The molecule has 2 aromatic carbocycles. The second-order valence-corrected chi connectivity index (χ2v) is 4.94. The molecule has 2 aromatic rings. The van der Waals surface area contributed by atoms with Crippen molar-refractivity contribution in [2.24, 2.45) is 0 Å². The minimum atomic E-state index is -0.887. The third kappa shape index (κ3) is 2.57. The number of carbonyl (C=O) groups is 1. The number of hydrogen-bond donors (Lipinski definition) is 1. The smallest absolute Gasteiger partial charge is 0.335 e. The van der Waals surface area contributed by atoms with Gasteiger partial charge in [-0.2, -0.15) is 0 Å². The van der Waals surface area contributed by atoms with E-state index in [4.69, 9.17) is 5.11 Å². The molecule has 1 N–H and O–H groups in total. The number of benzene rings is 2. The van der Waals surface area contributed by atoms with Gasteiger partial charge in [0.15, 0.2) is 0 Å². The summed E-state index contributed by atoms with van der Waals surface area (Å²) in [7, 11) is 0. The van der Waals surface area contributed by atoms with Crippen LogP contribution in [0.2, 0.25) is 0 Å². The number of carboxylic acids is 1. The van der Waals surface area contributed by atoms with Gasteiger partial charge in [0.25, 0.3) is 0 Å². The minimum absolute atomic E-state index is 0.331. The molecule has 0 aromatic heterocycles. The molecule has 2 nitrogen and oxygen atoms in total. The fourth-order valence-corrected chi connectivity index (χ4v) is 2.30.